The number of aromatic nitrogens is 1. The van der Waals surface area contributed by atoms with Gasteiger partial charge >= 0.3 is 0 Å². The number of hydrogen-bond donors (Lipinski definition) is 0. The smallest absolute Gasteiger partial charge is 0.219 e. The number of carbonyl (C=O) groups is 1. The second-order valence-corrected chi connectivity index (χ2v) is 5.52. The highest BCUT2D eigenvalue weighted by molar-refractivity contribution is 6.30. The van der Waals surface area contributed by atoms with Crippen molar-refractivity contribution in [3.63, 3.8) is 0 Å². The molecule has 110 valence electrons. The van der Waals surface area contributed by atoms with Crippen molar-refractivity contribution >= 4 is 17.5 Å². The van der Waals surface area contributed by atoms with E-state index in [0.717, 1.165) is 22.7 Å². The van der Waals surface area contributed by atoms with Crippen LogP contribution in [-0.2, 0) is 4.79 Å². The third-order valence-corrected chi connectivity index (χ3v) is 3.86. The van der Waals surface area contributed by atoms with E-state index in [1.807, 2.05) is 49.5 Å². The summed E-state index contributed by atoms with van der Waals surface area (Å²) in [5.74, 6) is 0.233. The Hall–Kier alpha value is -1.87. The highest BCUT2D eigenvalue weighted by Gasteiger charge is 2.16. The Kier molecular flexibility index (Phi) is 5.34. The molecule has 0 aliphatic heterocycles. The summed E-state index contributed by atoms with van der Waals surface area (Å²) in [7, 11) is 1.82. The molecule has 1 unspecified atom stereocenters. The number of nitrogens with zero attached hydrogens (tertiary/aromatic N) is 2. The van der Waals surface area contributed by atoms with Gasteiger partial charge in [-0.3, -0.25) is 9.78 Å². The van der Waals surface area contributed by atoms with E-state index in [-0.39, 0.29) is 11.8 Å². The van der Waals surface area contributed by atoms with Crippen LogP contribution in [0.2, 0.25) is 5.02 Å². The van der Waals surface area contributed by atoms with Crippen molar-refractivity contribution in [3.05, 3.63) is 64.9 Å². The molecular formula is C17H19ClN2O. The van der Waals surface area contributed by atoms with Gasteiger partial charge in [0.1, 0.15) is 0 Å². The van der Waals surface area contributed by atoms with Gasteiger partial charge in [-0.1, -0.05) is 29.8 Å². The Morgan fingerprint density at radius 1 is 1.24 bits per heavy atom. The zero-order chi connectivity index (χ0) is 15.2. The molecule has 1 amide bonds. The molecule has 0 saturated carbocycles. The molecule has 0 radical (unpaired) electrons. The molecule has 1 aromatic carbocycles. The summed E-state index contributed by atoms with van der Waals surface area (Å²) in [5, 5.41) is 0.722. The van der Waals surface area contributed by atoms with Gasteiger partial charge in [-0.25, -0.2) is 0 Å². The fraction of sp³-hybridized carbons (Fsp3) is 0.294. The van der Waals surface area contributed by atoms with Crippen LogP contribution >= 0.6 is 11.6 Å². The van der Waals surface area contributed by atoms with Gasteiger partial charge in [0.05, 0.1) is 0 Å². The van der Waals surface area contributed by atoms with Gasteiger partial charge < -0.3 is 4.90 Å². The molecule has 1 atom stereocenters. The Balaban J connectivity index is 2.22. The van der Waals surface area contributed by atoms with Gasteiger partial charge in [-0.2, -0.15) is 0 Å². The van der Waals surface area contributed by atoms with E-state index in [9.17, 15) is 4.79 Å². The monoisotopic (exact) mass is 302 g/mol. The fourth-order valence-corrected chi connectivity index (χ4v) is 2.37. The van der Waals surface area contributed by atoms with Crippen LogP contribution in [0.1, 0.15) is 30.5 Å². The standard InChI is InChI=1S/C17H19ClN2O/c1-13(21)20(2)12-10-16(17-5-3-4-11-19-17)14-6-8-15(18)9-7-14/h3-9,11,16H,10,12H2,1-2H3. The molecule has 4 heteroatoms. The number of benzene rings is 1. The molecule has 1 heterocycles. The van der Waals surface area contributed by atoms with E-state index in [1.54, 1.807) is 18.0 Å². The molecule has 0 aliphatic carbocycles. The first kappa shape index (κ1) is 15.5. The molecule has 0 N–H and O–H groups in total. The normalized spacial score (nSPS) is 12.0. The summed E-state index contributed by atoms with van der Waals surface area (Å²) in [5.41, 5.74) is 2.17. The van der Waals surface area contributed by atoms with Crippen molar-refractivity contribution in [1.82, 2.24) is 9.88 Å². The lowest BCUT2D eigenvalue weighted by Crippen LogP contribution is -2.26. The molecule has 2 rings (SSSR count). The summed E-state index contributed by atoms with van der Waals surface area (Å²) in [4.78, 5) is 17.6. The summed E-state index contributed by atoms with van der Waals surface area (Å²) in [6.07, 6.45) is 2.63. The van der Waals surface area contributed by atoms with Crippen molar-refractivity contribution in [2.45, 2.75) is 19.3 Å². The maximum absolute atomic E-state index is 11.4. The second-order valence-electron chi connectivity index (χ2n) is 5.09. The first-order valence-electron chi connectivity index (χ1n) is 6.96. The van der Waals surface area contributed by atoms with Crippen LogP contribution in [0.15, 0.2) is 48.7 Å². The molecule has 0 saturated heterocycles. The molecular weight excluding hydrogens is 284 g/mol. The van der Waals surface area contributed by atoms with Gasteiger partial charge in [0.15, 0.2) is 0 Å². The minimum atomic E-state index is 0.0749. The van der Waals surface area contributed by atoms with E-state index in [4.69, 9.17) is 11.6 Å². The van der Waals surface area contributed by atoms with Gasteiger partial charge in [-0.15, -0.1) is 0 Å². The average molecular weight is 303 g/mol. The molecule has 2 aromatic rings. The fourth-order valence-electron chi connectivity index (χ4n) is 2.24. The number of rotatable bonds is 5. The van der Waals surface area contributed by atoms with Crippen molar-refractivity contribution in [3.8, 4) is 0 Å². The third-order valence-electron chi connectivity index (χ3n) is 3.61. The van der Waals surface area contributed by atoms with Crippen molar-refractivity contribution in [2.24, 2.45) is 0 Å². The number of halogens is 1. The first-order chi connectivity index (χ1) is 10.1. The second kappa shape index (κ2) is 7.23. The highest BCUT2D eigenvalue weighted by atomic mass is 35.5. The summed E-state index contributed by atoms with van der Waals surface area (Å²) in [6.45, 7) is 2.28. The lowest BCUT2D eigenvalue weighted by atomic mass is 9.92. The molecule has 0 bridgehead atoms. The van der Waals surface area contributed by atoms with Gasteiger partial charge in [0, 0.05) is 43.3 Å². The Bertz CT molecular complexity index is 583. The Labute approximate surface area is 130 Å². The maximum atomic E-state index is 11.4. The van der Waals surface area contributed by atoms with Crippen LogP contribution in [-0.4, -0.2) is 29.4 Å². The number of amides is 1. The molecule has 0 aliphatic rings. The molecule has 0 spiro atoms. The van der Waals surface area contributed by atoms with Crippen molar-refractivity contribution in [1.29, 1.82) is 0 Å². The zero-order valence-electron chi connectivity index (χ0n) is 12.3. The summed E-state index contributed by atoms with van der Waals surface area (Å²) in [6, 6.07) is 13.7. The molecule has 3 nitrogen and oxygen atoms in total. The average Bonchev–Trinajstić information content (AvgIpc) is 2.50. The van der Waals surface area contributed by atoms with Crippen LogP contribution in [0.5, 0.6) is 0 Å². The van der Waals surface area contributed by atoms with E-state index in [2.05, 4.69) is 4.98 Å². The van der Waals surface area contributed by atoms with E-state index in [1.165, 1.54) is 0 Å². The van der Waals surface area contributed by atoms with Crippen LogP contribution < -0.4 is 0 Å². The van der Waals surface area contributed by atoms with E-state index < -0.39 is 0 Å². The van der Waals surface area contributed by atoms with Gasteiger partial charge in [0.2, 0.25) is 5.91 Å². The quantitative estimate of drug-likeness (QED) is 0.843. The van der Waals surface area contributed by atoms with Crippen molar-refractivity contribution in [2.75, 3.05) is 13.6 Å². The van der Waals surface area contributed by atoms with Gasteiger partial charge in [0.25, 0.3) is 0 Å². The minimum absolute atomic E-state index is 0.0749. The predicted octanol–water partition coefficient (Wildman–Crippen LogP) is 3.74. The summed E-state index contributed by atoms with van der Waals surface area (Å²) < 4.78 is 0. The minimum Gasteiger partial charge on any atom is -0.346 e. The number of hydrogen-bond acceptors (Lipinski definition) is 2. The first-order valence-corrected chi connectivity index (χ1v) is 7.34. The topological polar surface area (TPSA) is 33.2 Å². The number of pyridine rings is 1. The Morgan fingerprint density at radius 2 is 1.95 bits per heavy atom. The van der Waals surface area contributed by atoms with Crippen LogP contribution in [0.4, 0.5) is 0 Å². The predicted molar refractivity (Wildman–Crippen MR) is 85.5 cm³/mol. The lowest BCUT2D eigenvalue weighted by molar-refractivity contribution is -0.127. The largest absolute Gasteiger partial charge is 0.346 e. The van der Waals surface area contributed by atoms with Crippen molar-refractivity contribution < 1.29 is 4.79 Å². The van der Waals surface area contributed by atoms with E-state index >= 15 is 0 Å². The summed E-state index contributed by atoms with van der Waals surface area (Å²) >= 11 is 5.96. The third kappa shape index (κ3) is 4.30. The lowest BCUT2D eigenvalue weighted by Gasteiger charge is -2.21. The molecule has 21 heavy (non-hydrogen) atoms. The van der Waals surface area contributed by atoms with Crippen LogP contribution in [0, 0.1) is 0 Å². The van der Waals surface area contributed by atoms with E-state index in [0.29, 0.717) is 6.54 Å². The van der Waals surface area contributed by atoms with Crippen LogP contribution in [0.3, 0.4) is 0 Å². The zero-order valence-corrected chi connectivity index (χ0v) is 13.0. The highest BCUT2D eigenvalue weighted by Crippen LogP contribution is 2.27. The van der Waals surface area contributed by atoms with Crippen LogP contribution in [0.25, 0.3) is 0 Å². The number of carbonyl (C=O) groups excluding carboxylic acids is 1. The molecule has 1 aromatic heterocycles. The van der Waals surface area contributed by atoms with Gasteiger partial charge in [-0.05, 0) is 36.2 Å². The Morgan fingerprint density at radius 3 is 2.52 bits per heavy atom. The maximum Gasteiger partial charge on any atom is 0.219 e. The molecule has 0 fully saturated rings. The SMILES string of the molecule is CC(=O)N(C)CCC(c1ccc(Cl)cc1)c1ccccn1.